The third kappa shape index (κ3) is 3.76. The van der Waals surface area contributed by atoms with Gasteiger partial charge >= 0.3 is 0 Å². The number of alkyl halides is 3. The van der Waals surface area contributed by atoms with Crippen LogP contribution in [0.1, 0.15) is 28.9 Å². The summed E-state index contributed by atoms with van der Waals surface area (Å²) in [6.07, 6.45) is -2.14. The molecule has 0 spiro atoms. The smallest absolute Gasteiger partial charge is 0.272 e. The minimum atomic E-state index is -2.58. The molecule has 8 heteroatoms. The summed E-state index contributed by atoms with van der Waals surface area (Å²) in [7, 11) is 0. The Morgan fingerprint density at radius 2 is 2.04 bits per heavy atom. The number of benzene rings is 1. The number of nitrogens with zero attached hydrogens (tertiary/aromatic N) is 3. The molecule has 2 aromatic heterocycles. The highest BCUT2D eigenvalue weighted by Gasteiger charge is 2.27. The molecule has 1 atom stereocenters. The monoisotopic (exact) mass is 387 g/mol. The van der Waals surface area contributed by atoms with Gasteiger partial charge in [-0.05, 0) is 36.8 Å². The van der Waals surface area contributed by atoms with E-state index < -0.39 is 12.6 Å². The first kappa shape index (κ1) is 18.2. The molecule has 5 nitrogen and oxygen atoms in total. The number of carbonyl (C=O) groups excluding carboxylic acids is 1. The molecule has 1 fully saturated rings. The van der Waals surface area contributed by atoms with Crippen molar-refractivity contribution in [3.63, 3.8) is 0 Å². The predicted octanol–water partition coefficient (Wildman–Crippen LogP) is 4.54. The maximum atomic E-state index is 13.3. The minimum Gasteiger partial charge on any atom is -0.439 e. The van der Waals surface area contributed by atoms with E-state index in [1.807, 2.05) is 0 Å². The van der Waals surface area contributed by atoms with E-state index in [-0.39, 0.29) is 29.6 Å². The second kappa shape index (κ2) is 7.46. The highest BCUT2D eigenvalue weighted by Crippen LogP contribution is 2.26. The molecular formula is C20H16F3N3O2. The molecular weight excluding hydrogens is 371 g/mol. The third-order valence-electron chi connectivity index (χ3n) is 4.53. The lowest BCUT2D eigenvalue weighted by atomic mass is 10.2. The fraction of sp³-hybridized carbons (Fsp3) is 0.250. The van der Waals surface area contributed by atoms with E-state index in [1.165, 1.54) is 17.0 Å². The van der Waals surface area contributed by atoms with Crippen molar-refractivity contribution in [2.45, 2.75) is 19.0 Å². The maximum Gasteiger partial charge on any atom is 0.272 e. The van der Waals surface area contributed by atoms with Crippen LogP contribution >= 0.6 is 0 Å². The number of rotatable bonds is 4. The van der Waals surface area contributed by atoms with Crippen molar-refractivity contribution in [1.29, 1.82) is 0 Å². The molecule has 1 amide bonds. The highest BCUT2D eigenvalue weighted by atomic mass is 19.3. The summed E-state index contributed by atoms with van der Waals surface area (Å²) in [5, 5.41) is 0.739. The average Bonchev–Trinajstić information content (AvgIpc) is 3.14. The molecule has 0 aliphatic carbocycles. The Morgan fingerprint density at radius 3 is 2.71 bits per heavy atom. The van der Waals surface area contributed by atoms with E-state index in [0.29, 0.717) is 24.2 Å². The van der Waals surface area contributed by atoms with Gasteiger partial charge in [-0.2, -0.15) is 0 Å². The van der Waals surface area contributed by atoms with Crippen LogP contribution < -0.4 is 4.74 Å². The molecule has 0 N–H and O–H groups in total. The van der Waals surface area contributed by atoms with E-state index >= 15 is 0 Å². The number of carbonyl (C=O) groups is 1. The molecule has 3 aromatic rings. The number of hydrogen-bond donors (Lipinski definition) is 0. The first-order valence-corrected chi connectivity index (χ1v) is 8.76. The van der Waals surface area contributed by atoms with Crippen LogP contribution in [0.3, 0.4) is 0 Å². The first-order chi connectivity index (χ1) is 13.5. The Balaban J connectivity index is 1.52. The lowest BCUT2D eigenvalue weighted by Crippen LogP contribution is -2.29. The summed E-state index contributed by atoms with van der Waals surface area (Å²) in [6, 6.07) is 11.0. The van der Waals surface area contributed by atoms with Crippen molar-refractivity contribution in [2.24, 2.45) is 0 Å². The number of fused-ring (bicyclic) bond motifs is 1. The van der Waals surface area contributed by atoms with E-state index in [1.54, 1.807) is 30.3 Å². The van der Waals surface area contributed by atoms with Gasteiger partial charge in [0, 0.05) is 29.8 Å². The molecule has 1 aromatic carbocycles. The molecule has 0 unspecified atom stereocenters. The van der Waals surface area contributed by atoms with Gasteiger partial charge in [-0.3, -0.25) is 4.79 Å². The Kier molecular flexibility index (Phi) is 4.85. The fourth-order valence-corrected chi connectivity index (χ4v) is 3.05. The second-order valence-electron chi connectivity index (χ2n) is 6.52. The molecule has 3 heterocycles. The van der Waals surface area contributed by atoms with Crippen molar-refractivity contribution < 1.29 is 22.7 Å². The van der Waals surface area contributed by atoms with Gasteiger partial charge in [0.1, 0.15) is 17.6 Å². The molecule has 1 saturated heterocycles. The molecule has 28 heavy (non-hydrogen) atoms. The van der Waals surface area contributed by atoms with Gasteiger partial charge in [-0.1, -0.05) is 6.07 Å². The summed E-state index contributed by atoms with van der Waals surface area (Å²) < 4.78 is 44.1. The Hall–Kier alpha value is -3.16. The fourth-order valence-electron chi connectivity index (χ4n) is 3.05. The third-order valence-corrected chi connectivity index (χ3v) is 4.53. The lowest BCUT2D eigenvalue weighted by molar-refractivity contribution is 0.0777. The van der Waals surface area contributed by atoms with Crippen LogP contribution in [0.15, 0.2) is 48.7 Å². The van der Waals surface area contributed by atoms with Gasteiger partial charge < -0.3 is 9.64 Å². The Morgan fingerprint density at radius 1 is 1.18 bits per heavy atom. The van der Waals surface area contributed by atoms with Gasteiger partial charge in [0.25, 0.3) is 12.3 Å². The van der Waals surface area contributed by atoms with Crippen LogP contribution in [-0.2, 0) is 0 Å². The zero-order chi connectivity index (χ0) is 19.7. The van der Waals surface area contributed by atoms with E-state index in [0.717, 1.165) is 11.6 Å². The number of ether oxygens (including phenoxy) is 1. The quantitative estimate of drug-likeness (QED) is 0.659. The van der Waals surface area contributed by atoms with Crippen molar-refractivity contribution in [3.8, 4) is 11.6 Å². The summed E-state index contributed by atoms with van der Waals surface area (Å²) in [5.41, 5.74) is 0.680. The van der Waals surface area contributed by atoms with Crippen LogP contribution in [0.5, 0.6) is 11.6 Å². The van der Waals surface area contributed by atoms with Gasteiger partial charge in [-0.25, -0.2) is 23.1 Å². The van der Waals surface area contributed by atoms with Gasteiger partial charge in [0.15, 0.2) is 0 Å². The standard InChI is InChI=1S/C20H16F3N3O2/c21-14-7-8-26(11-14)20(27)17-4-1-12-9-15(3-5-16(12)25-17)28-18-6-2-13(10-24-18)19(22)23/h1-6,9-10,14,19H,7-8,11H2/t14-/m1/s1. The maximum absolute atomic E-state index is 13.3. The summed E-state index contributed by atoms with van der Waals surface area (Å²) in [6.45, 7) is 0.493. The number of pyridine rings is 2. The molecule has 0 bridgehead atoms. The molecule has 1 aliphatic rings. The van der Waals surface area contributed by atoms with Crippen molar-refractivity contribution in [3.05, 3.63) is 59.9 Å². The Bertz CT molecular complexity index is 1010. The molecule has 0 saturated carbocycles. The van der Waals surface area contributed by atoms with Crippen molar-refractivity contribution >= 4 is 16.8 Å². The van der Waals surface area contributed by atoms with Crippen LogP contribution in [-0.4, -0.2) is 40.0 Å². The van der Waals surface area contributed by atoms with Crippen LogP contribution in [0.25, 0.3) is 10.9 Å². The first-order valence-electron chi connectivity index (χ1n) is 8.76. The average molecular weight is 387 g/mol. The number of likely N-dealkylation sites (tertiary alicyclic amines) is 1. The largest absolute Gasteiger partial charge is 0.439 e. The van der Waals surface area contributed by atoms with Crippen LogP contribution in [0.2, 0.25) is 0 Å². The van der Waals surface area contributed by atoms with Gasteiger partial charge in [-0.15, -0.1) is 0 Å². The second-order valence-corrected chi connectivity index (χ2v) is 6.52. The minimum absolute atomic E-state index is 0.0999. The summed E-state index contributed by atoms with van der Waals surface area (Å²) in [5.74, 6) is 0.370. The number of hydrogen-bond acceptors (Lipinski definition) is 4. The normalized spacial score (nSPS) is 16.7. The predicted molar refractivity (Wildman–Crippen MR) is 96.4 cm³/mol. The van der Waals surface area contributed by atoms with Crippen molar-refractivity contribution in [1.82, 2.24) is 14.9 Å². The molecule has 0 radical (unpaired) electrons. The number of aromatic nitrogens is 2. The molecule has 4 rings (SSSR count). The van der Waals surface area contributed by atoms with Crippen molar-refractivity contribution in [2.75, 3.05) is 13.1 Å². The molecule has 144 valence electrons. The summed E-state index contributed by atoms with van der Waals surface area (Å²) in [4.78, 5) is 22.1. The van der Waals surface area contributed by atoms with Gasteiger partial charge in [0.2, 0.25) is 5.88 Å². The van der Waals surface area contributed by atoms with Gasteiger partial charge in [0.05, 0.1) is 12.1 Å². The Labute approximate surface area is 158 Å². The number of halogens is 3. The van der Waals surface area contributed by atoms with E-state index in [4.69, 9.17) is 4.74 Å². The molecule has 1 aliphatic heterocycles. The van der Waals surface area contributed by atoms with E-state index in [2.05, 4.69) is 9.97 Å². The lowest BCUT2D eigenvalue weighted by Gasteiger charge is -2.14. The number of amides is 1. The van der Waals surface area contributed by atoms with Crippen LogP contribution in [0, 0.1) is 0 Å². The SMILES string of the molecule is O=C(c1ccc2cc(Oc3ccc(C(F)F)cn3)ccc2n1)N1CC[C@@H](F)C1. The summed E-state index contributed by atoms with van der Waals surface area (Å²) >= 11 is 0. The van der Waals surface area contributed by atoms with Crippen LogP contribution in [0.4, 0.5) is 13.2 Å². The highest BCUT2D eigenvalue weighted by molar-refractivity contribution is 5.95. The topological polar surface area (TPSA) is 55.3 Å². The zero-order valence-corrected chi connectivity index (χ0v) is 14.7. The zero-order valence-electron chi connectivity index (χ0n) is 14.7. The van der Waals surface area contributed by atoms with E-state index in [9.17, 15) is 18.0 Å².